The minimum Gasteiger partial charge on any atom is -0.493 e. The highest BCUT2D eigenvalue weighted by Gasteiger charge is 2.16. The lowest BCUT2D eigenvalue weighted by atomic mass is 9.99. The molecular weight excluding hydrogens is 302 g/mol. The molecule has 0 aliphatic heterocycles. The Morgan fingerprint density at radius 1 is 1.04 bits per heavy atom. The Morgan fingerprint density at radius 2 is 1.67 bits per heavy atom. The first-order chi connectivity index (χ1) is 11.5. The van der Waals surface area contributed by atoms with Crippen molar-refractivity contribution < 1.29 is 14.3 Å². The zero-order chi connectivity index (χ0) is 17.7. The van der Waals surface area contributed by atoms with Crippen molar-refractivity contribution >= 4 is 11.6 Å². The summed E-state index contributed by atoms with van der Waals surface area (Å²) in [5.74, 6) is 1.23. The van der Waals surface area contributed by atoms with Crippen LogP contribution < -0.4 is 14.8 Å². The maximum atomic E-state index is 12.5. The molecule has 0 aromatic heterocycles. The van der Waals surface area contributed by atoms with E-state index in [-0.39, 0.29) is 11.8 Å². The molecular formula is C20H25NO3. The van der Waals surface area contributed by atoms with Gasteiger partial charge in [-0.2, -0.15) is 0 Å². The average molecular weight is 327 g/mol. The molecule has 2 rings (SSSR count). The molecule has 4 heteroatoms. The van der Waals surface area contributed by atoms with Gasteiger partial charge in [-0.05, 0) is 49.1 Å². The SMILES string of the molecule is COc1ccc(CC(C)C(=O)Nc2c(C)cccc2C)cc1OC. The molecule has 0 spiro atoms. The smallest absolute Gasteiger partial charge is 0.227 e. The first kappa shape index (κ1) is 17.9. The van der Waals surface area contributed by atoms with Gasteiger partial charge in [0, 0.05) is 11.6 Å². The van der Waals surface area contributed by atoms with E-state index in [1.54, 1.807) is 14.2 Å². The number of ether oxygens (including phenoxy) is 2. The van der Waals surface area contributed by atoms with Gasteiger partial charge >= 0.3 is 0 Å². The van der Waals surface area contributed by atoms with Crippen LogP contribution in [-0.4, -0.2) is 20.1 Å². The number of amides is 1. The maximum Gasteiger partial charge on any atom is 0.227 e. The summed E-state index contributed by atoms with van der Waals surface area (Å²) >= 11 is 0. The molecule has 0 heterocycles. The van der Waals surface area contributed by atoms with Crippen molar-refractivity contribution in [3.8, 4) is 11.5 Å². The van der Waals surface area contributed by atoms with Gasteiger partial charge in [0.2, 0.25) is 5.91 Å². The summed E-state index contributed by atoms with van der Waals surface area (Å²) in [6, 6.07) is 11.7. The molecule has 1 N–H and O–H groups in total. The predicted molar refractivity (Wildman–Crippen MR) is 97.0 cm³/mol. The molecule has 0 saturated heterocycles. The number of carbonyl (C=O) groups excluding carboxylic acids is 1. The van der Waals surface area contributed by atoms with Gasteiger partial charge in [-0.15, -0.1) is 0 Å². The lowest BCUT2D eigenvalue weighted by Crippen LogP contribution is -2.23. The minimum atomic E-state index is -0.151. The Labute approximate surface area is 143 Å². The van der Waals surface area contributed by atoms with Crippen molar-refractivity contribution in [1.82, 2.24) is 0 Å². The van der Waals surface area contributed by atoms with Crippen LogP contribution in [0.2, 0.25) is 0 Å². The second-order valence-electron chi connectivity index (χ2n) is 6.05. The van der Waals surface area contributed by atoms with E-state index >= 15 is 0 Å². The normalized spacial score (nSPS) is 11.7. The zero-order valence-corrected chi connectivity index (χ0v) is 15.0. The van der Waals surface area contributed by atoms with Crippen LogP contribution in [0.25, 0.3) is 0 Å². The lowest BCUT2D eigenvalue weighted by Gasteiger charge is -2.16. The van der Waals surface area contributed by atoms with E-state index in [2.05, 4.69) is 5.32 Å². The highest BCUT2D eigenvalue weighted by atomic mass is 16.5. The summed E-state index contributed by atoms with van der Waals surface area (Å²) in [6.45, 7) is 5.93. The molecule has 1 unspecified atom stereocenters. The number of carbonyl (C=O) groups is 1. The molecule has 1 amide bonds. The van der Waals surface area contributed by atoms with Crippen LogP contribution >= 0.6 is 0 Å². The second-order valence-corrected chi connectivity index (χ2v) is 6.05. The molecule has 0 radical (unpaired) electrons. The number of nitrogens with one attached hydrogen (secondary N) is 1. The van der Waals surface area contributed by atoms with Crippen LogP contribution in [0.1, 0.15) is 23.6 Å². The Kier molecular flexibility index (Phi) is 5.85. The van der Waals surface area contributed by atoms with E-state index in [0.717, 1.165) is 22.4 Å². The van der Waals surface area contributed by atoms with Crippen LogP contribution in [0.5, 0.6) is 11.5 Å². The number of hydrogen-bond acceptors (Lipinski definition) is 3. The molecule has 0 aliphatic carbocycles. The maximum absolute atomic E-state index is 12.5. The van der Waals surface area contributed by atoms with Crippen molar-refractivity contribution in [3.63, 3.8) is 0 Å². The molecule has 2 aromatic carbocycles. The van der Waals surface area contributed by atoms with Gasteiger partial charge in [0.15, 0.2) is 11.5 Å². The molecule has 0 saturated carbocycles. The third-order valence-corrected chi connectivity index (χ3v) is 4.17. The van der Waals surface area contributed by atoms with E-state index < -0.39 is 0 Å². The Balaban J connectivity index is 2.09. The van der Waals surface area contributed by atoms with Gasteiger partial charge in [-0.25, -0.2) is 0 Å². The average Bonchev–Trinajstić information content (AvgIpc) is 2.57. The molecule has 0 aliphatic rings. The summed E-state index contributed by atoms with van der Waals surface area (Å²) < 4.78 is 10.6. The number of aryl methyl sites for hydroxylation is 2. The summed E-state index contributed by atoms with van der Waals surface area (Å²) in [6.07, 6.45) is 0.636. The van der Waals surface area contributed by atoms with Gasteiger partial charge in [-0.1, -0.05) is 31.2 Å². The standard InChI is InChI=1S/C20H25NO3/c1-13-7-6-8-14(2)19(13)21-20(22)15(3)11-16-9-10-17(23-4)18(12-16)24-5/h6-10,12,15H,11H2,1-5H3,(H,21,22). The van der Waals surface area contributed by atoms with E-state index in [0.29, 0.717) is 17.9 Å². The van der Waals surface area contributed by atoms with Crippen molar-refractivity contribution in [2.24, 2.45) is 5.92 Å². The highest BCUT2D eigenvalue weighted by molar-refractivity contribution is 5.94. The minimum absolute atomic E-state index is 0.0159. The molecule has 1 atom stereocenters. The van der Waals surface area contributed by atoms with Gasteiger partial charge in [0.1, 0.15) is 0 Å². The van der Waals surface area contributed by atoms with Crippen LogP contribution in [0.3, 0.4) is 0 Å². The van der Waals surface area contributed by atoms with Crippen molar-refractivity contribution in [3.05, 3.63) is 53.1 Å². The fourth-order valence-electron chi connectivity index (χ4n) is 2.71. The second kappa shape index (κ2) is 7.86. The van der Waals surface area contributed by atoms with E-state index in [9.17, 15) is 4.79 Å². The van der Waals surface area contributed by atoms with Crippen molar-refractivity contribution in [1.29, 1.82) is 0 Å². The van der Waals surface area contributed by atoms with Crippen LogP contribution in [0.4, 0.5) is 5.69 Å². The number of para-hydroxylation sites is 1. The van der Waals surface area contributed by atoms with Crippen molar-refractivity contribution in [2.75, 3.05) is 19.5 Å². The Bertz CT molecular complexity index is 705. The summed E-state index contributed by atoms with van der Waals surface area (Å²) in [5, 5.41) is 3.05. The number of benzene rings is 2. The molecule has 2 aromatic rings. The van der Waals surface area contributed by atoms with Gasteiger partial charge < -0.3 is 14.8 Å². The molecule has 0 fully saturated rings. The largest absolute Gasteiger partial charge is 0.493 e. The molecule has 4 nitrogen and oxygen atoms in total. The Hall–Kier alpha value is -2.49. The van der Waals surface area contributed by atoms with E-state index in [4.69, 9.17) is 9.47 Å². The number of rotatable bonds is 6. The van der Waals surface area contributed by atoms with Gasteiger partial charge in [0.05, 0.1) is 14.2 Å². The zero-order valence-electron chi connectivity index (χ0n) is 15.0. The van der Waals surface area contributed by atoms with E-state index in [1.165, 1.54) is 0 Å². The first-order valence-electron chi connectivity index (χ1n) is 8.04. The monoisotopic (exact) mass is 327 g/mol. The lowest BCUT2D eigenvalue weighted by molar-refractivity contribution is -0.119. The summed E-state index contributed by atoms with van der Waals surface area (Å²) in [4.78, 5) is 12.5. The number of methoxy groups -OCH3 is 2. The number of hydrogen-bond donors (Lipinski definition) is 1. The third kappa shape index (κ3) is 4.07. The van der Waals surface area contributed by atoms with Gasteiger partial charge in [0.25, 0.3) is 0 Å². The topological polar surface area (TPSA) is 47.6 Å². The van der Waals surface area contributed by atoms with Crippen LogP contribution in [0.15, 0.2) is 36.4 Å². The Morgan fingerprint density at radius 3 is 2.25 bits per heavy atom. The van der Waals surface area contributed by atoms with Gasteiger partial charge in [-0.3, -0.25) is 4.79 Å². The molecule has 0 bridgehead atoms. The fraction of sp³-hybridized carbons (Fsp3) is 0.350. The van der Waals surface area contributed by atoms with E-state index in [1.807, 2.05) is 57.2 Å². The quantitative estimate of drug-likeness (QED) is 0.867. The third-order valence-electron chi connectivity index (χ3n) is 4.17. The number of anilines is 1. The van der Waals surface area contributed by atoms with Crippen LogP contribution in [-0.2, 0) is 11.2 Å². The molecule has 128 valence electrons. The van der Waals surface area contributed by atoms with Crippen LogP contribution in [0, 0.1) is 19.8 Å². The molecule has 24 heavy (non-hydrogen) atoms. The predicted octanol–water partition coefficient (Wildman–Crippen LogP) is 4.14. The highest BCUT2D eigenvalue weighted by Crippen LogP contribution is 2.29. The summed E-state index contributed by atoms with van der Waals surface area (Å²) in [5.41, 5.74) is 4.09. The van der Waals surface area contributed by atoms with Crippen molar-refractivity contribution in [2.45, 2.75) is 27.2 Å². The fourth-order valence-corrected chi connectivity index (χ4v) is 2.71. The first-order valence-corrected chi connectivity index (χ1v) is 8.04. The summed E-state index contributed by atoms with van der Waals surface area (Å²) in [7, 11) is 3.22.